The van der Waals surface area contributed by atoms with Crippen molar-refractivity contribution < 1.29 is 19.8 Å². The first kappa shape index (κ1) is 18.9. The Morgan fingerprint density at radius 2 is 1.37 bits per heavy atom. The Kier molecular flexibility index (Phi) is 4.56. The van der Waals surface area contributed by atoms with Crippen LogP contribution in [0.5, 0.6) is 0 Å². The van der Waals surface area contributed by atoms with Crippen LogP contribution in [0.3, 0.4) is 0 Å². The van der Waals surface area contributed by atoms with Crippen molar-refractivity contribution in [2.45, 2.75) is 0 Å². The average Bonchev–Trinajstić information content (AvgIpc) is 2.72. The topological polar surface area (TPSA) is 133 Å². The van der Waals surface area contributed by atoms with Gasteiger partial charge >= 0.3 is 11.9 Å². The third-order valence-electron chi connectivity index (χ3n) is 4.95. The Bertz CT molecular complexity index is 1370. The summed E-state index contributed by atoms with van der Waals surface area (Å²) in [5, 5.41) is 21.2. The maximum atomic E-state index is 12.2. The fourth-order valence-electron chi connectivity index (χ4n) is 3.63. The van der Waals surface area contributed by atoms with Gasteiger partial charge in [-0.2, -0.15) is 0 Å². The zero-order valence-corrected chi connectivity index (χ0v) is 15.5. The van der Waals surface area contributed by atoms with Crippen LogP contribution in [0.2, 0.25) is 0 Å². The van der Waals surface area contributed by atoms with Gasteiger partial charge in [0, 0.05) is 5.56 Å². The number of aromatic amines is 1. The lowest BCUT2D eigenvalue weighted by molar-refractivity contribution is 0.0695. The molecule has 5 N–H and O–H groups in total. The molecule has 1 aromatic heterocycles. The lowest BCUT2D eigenvalue weighted by Gasteiger charge is -2.13. The number of carboxylic acids is 2. The highest BCUT2D eigenvalue weighted by Crippen LogP contribution is 2.33. The second-order valence-electron chi connectivity index (χ2n) is 6.71. The summed E-state index contributed by atoms with van der Waals surface area (Å²) in [4.78, 5) is 37.7. The summed E-state index contributed by atoms with van der Waals surface area (Å²) in [5.74, 6) is -3.36. The lowest BCUT2D eigenvalue weighted by atomic mass is 9.92. The van der Waals surface area contributed by atoms with E-state index in [1.54, 1.807) is 24.3 Å². The van der Waals surface area contributed by atoms with Crippen LogP contribution in [0.25, 0.3) is 33.0 Å². The normalized spacial score (nSPS) is 10.8. The molecule has 0 fully saturated rings. The molecule has 0 saturated carbocycles. The molecule has 0 amide bonds. The second kappa shape index (κ2) is 7.21. The molecule has 7 nitrogen and oxygen atoms in total. The van der Waals surface area contributed by atoms with Gasteiger partial charge in [0.2, 0.25) is 0 Å². The van der Waals surface area contributed by atoms with Crippen LogP contribution in [0.15, 0.2) is 71.5 Å². The first-order valence-electron chi connectivity index (χ1n) is 8.99. The minimum Gasteiger partial charge on any atom is -0.478 e. The highest BCUT2D eigenvalue weighted by atomic mass is 16.4. The number of nitrogen functional groups attached to an aromatic ring is 1. The van der Waals surface area contributed by atoms with Gasteiger partial charge in [-0.3, -0.25) is 4.79 Å². The van der Waals surface area contributed by atoms with Crippen molar-refractivity contribution in [3.63, 3.8) is 0 Å². The molecule has 7 heteroatoms. The monoisotopic (exact) mass is 400 g/mol. The molecule has 1 heterocycles. The van der Waals surface area contributed by atoms with Gasteiger partial charge in [-0.1, -0.05) is 66.7 Å². The lowest BCUT2D eigenvalue weighted by Crippen LogP contribution is -2.24. The number of nitrogens with two attached hydrogens (primary N) is 1. The molecule has 0 aliphatic heterocycles. The van der Waals surface area contributed by atoms with Gasteiger partial charge in [-0.25, -0.2) is 9.59 Å². The smallest absolute Gasteiger partial charge is 0.342 e. The number of rotatable bonds is 4. The fraction of sp³-hybridized carbons (Fsp3) is 0. The Morgan fingerprint density at radius 1 is 0.767 bits per heavy atom. The Balaban J connectivity index is 1.93. The zero-order valence-electron chi connectivity index (χ0n) is 15.5. The maximum Gasteiger partial charge on any atom is 0.342 e. The number of hydrogen-bond donors (Lipinski definition) is 4. The van der Waals surface area contributed by atoms with Crippen molar-refractivity contribution in [2.24, 2.45) is 0 Å². The Morgan fingerprint density at radius 3 is 2.03 bits per heavy atom. The second-order valence-corrected chi connectivity index (χ2v) is 6.71. The van der Waals surface area contributed by atoms with Crippen LogP contribution < -0.4 is 11.3 Å². The summed E-state index contributed by atoms with van der Waals surface area (Å²) in [7, 11) is 0. The first-order chi connectivity index (χ1) is 14.4. The minimum absolute atomic E-state index is 0.222. The van der Waals surface area contributed by atoms with Gasteiger partial charge in [0.25, 0.3) is 5.56 Å². The fourth-order valence-corrected chi connectivity index (χ4v) is 3.63. The average molecular weight is 400 g/mol. The van der Waals surface area contributed by atoms with Crippen molar-refractivity contribution in [3.8, 4) is 22.3 Å². The van der Waals surface area contributed by atoms with E-state index in [2.05, 4.69) is 4.98 Å². The van der Waals surface area contributed by atoms with Crippen molar-refractivity contribution in [3.05, 3.63) is 88.2 Å². The number of benzene rings is 3. The molecule has 0 bridgehead atoms. The van der Waals surface area contributed by atoms with E-state index in [0.717, 1.165) is 21.9 Å². The number of anilines is 1. The number of hydrogen-bond acceptors (Lipinski definition) is 4. The summed E-state index contributed by atoms with van der Waals surface area (Å²) in [6.45, 7) is 0. The van der Waals surface area contributed by atoms with E-state index in [4.69, 9.17) is 5.73 Å². The van der Waals surface area contributed by atoms with Crippen LogP contribution in [0.1, 0.15) is 20.7 Å². The number of pyridine rings is 1. The quantitative estimate of drug-likeness (QED) is 0.411. The Labute approximate surface area is 170 Å². The van der Waals surface area contributed by atoms with E-state index in [1.807, 2.05) is 42.5 Å². The van der Waals surface area contributed by atoms with E-state index < -0.39 is 34.4 Å². The summed E-state index contributed by atoms with van der Waals surface area (Å²) in [5.41, 5.74) is 5.49. The predicted octanol–water partition coefficient (Wildman–Crippen LogP) is 3.84. The number of carbonyl (C=O) groups is 2. The van der Waals surface area contributed by atoms with Crippen molar-refractivity contribution >= 4 is 28.5 Å². The van der Waals surface area contributed by atoms with Crippen LogP contribution in [-0.2, 0) is 0 Å². The minimum atomic E-state index is -1.54. The first-order valence-corrected chi connectivity index (χ1v) is 8.99. The van der Waals surface area contributed by atoms with Crippen LogP contribution in [0, 0.1) is 0 Å². The number of aromatic carboxylic acids is 2. The van der Waals surface area contributed by atoms with Crippen LogP contribution >= 0.6 is 0 Å². The van der Waals surface area contributed by atoms with Gasteiger partial charge in [-0.15, -0.1) is 0 Å². The predicted molar refractivity (Wildman–Crippen MR) is 114 cm³/mol. The molecule has 0 atom stereocenters. The van der Waals surface area contributed by atoms with Gasteiger partial charge in [0.15, 0.2) is 0 Å². The number of aromatic nitrogens is 1. The van der Waals surface area contributed by atoms with Gasteiger partial charge in [0.1, 0.15) is 16.9 Å². The molecule has 0 unspecified atom stereocenters. The van der Waals surface area contributed by atoms with Crippen LogP contribution in [-0.4, -0.2) is 27.1 Å². The molecule has 30 heavy (non-hydrogen) atoms. The van der Waals surface area contributed by atoms with Gasteiger partial charge in [-0.05, 0) is 27.5 Å². The summed E-state index contributed by atoms with van der Waals surface area (Å²) in [6.07, 6.45) is 0. The highest BCUT2D eigenvalue weighted by Gasteiger charge is 2.26. The highest BCUT2D eigenvalue weighted by molar-refractivity contribution is 6.07. The van der Waals surface area contributed by atoms with Crippen molar-refractivity contribution in [1.82, 2.24) is 4.98 Å². The Hall–Kier alpha value is -4.39. The number of fused-ring (bicyclic) bond motifs is 1. The molecule has 0 aliphatic carbocycles. The molecular weight excluding hydrogens is 384 g/mol. The van der Waals surface area contributed by atoms with Crippen LogP contribution in [0.4, 0.5) is 5.82 Å². The molecule has 0 spiro atoms. The van der Waals surface area contributed by atoms with E-state index >= 15 is 0 Å². The molecule has 148 valence electrons. The third-order valence-corrected chi connectivity index (χ3v) is 4.95. The van der Waals surface area contributed by atoms with E-state index in [1.165, 1.54) is 0 Å². The number of carboxylic acid groups (broad SMARTS) is 2. The zero-order chi connectivity index (χ0) is 21.4. The molecule has 0 saturated heterocycles. The molecule has 4 rings (SSSR count). The van der Waals surface area contributed by atoms with E-state index in [9.17, 15) is 24.6 Å². The van der Waals surface area contributed by atoms with E-state index in [0.29, 0.717) is 0 Å². The molecule has 4 aromatic rings. The molecule has 0 aliphatic rings. The standard InChI is InChI=1S/C23H16N2O5/c24-20-18(22(27)28)17(19(23(29)30)21(26)25-20)14-10-8-13(9-11-14)16-7-3-5-12-4-1-2-6-15(12)16/h1-11H,(H,27,28)(H,29,30)(H3,24,25,26). The third kappa shape index (κ3) is 3.08. The van der Waals surface area contributed by atoms with Crippen molar-refractivity contribution in [1.29, 1.82) is 0 Å². The molecule has 3 aromatic carbocycles. The summed E-state index contributed by atoms with van der Waals surface area (Å²) < 4.78 is 0. The molecule has 0 radical (unpaired) electrons. The summed E-state index contributed by atoms with van der Waals surface area (Å²) in [6, 6.07) is 20.5. The maximum absolute atomic E-state index is 12.2. The summed E-state index contributed by atoms with van der Waals surface area (Å²) >= 11 is 0. The van der Waals surface area contributed by atoms with Gasteiger partial charge < -0.3 is 20.9 Å². The number of nitrogens with one attached hydrogen (secondary N) is 1. The SMILES string of the molecule is Nc1[nH]c(=O)c(C(=O)O)c(-c2ccc(-c3cccc4ccccc34)cc2)c1C(=O)O. The van der Waals surface area contributed by atoms with Gasteiger partial charge in [0.05, 0.1) is 0 Å². The number of H-pyrrole nitrogens is 1. The van der Waals surface area contributed by atoms with E-state index in [-0.39, 0.29) is 11.1 Å². The van der Waals surface area contributed by atoms with Crippen molar-refractivity contribution in [2.75, 3.05) is 5.73 Å². The largest absolute Gasteiger partial charge is 0.478 e. The molecular formula is C23H16N2O5.